The first-order valence-corrected chi connectivity index (χ1v) is 9.62. The van der Waals surface area contributed by atoms with Crippen molar-refractivity contribution in [3.63, 3.8) is 0 Å². The van der Waals surface area contributed by atoms with Gasteiger partial charge in [-0.05, 0) is 36.4 Å². The highest BCUT2D eigenvalue weighted by Crippen LogP contribution is 2.37. The Balaban J connectivity index is 1.96. The lowest BCUT2D eigenvalue weighted by Crippen LogP contribution is -3.05. The number of nitrogens with zero attached hydrogens (tertiary/aromatic N) is 2. The molecule has 2 atom stereocenters. The highest BCUT2D eigenvalue weighted by molar-refractivity contribution is 6.44. The zero-order valence-corrected chi connectivity index (χ0v) is 16.6. The highest BCUT2D eigenvalue weighted by Gasteiger charge is 2.52. The number of quaternary nitrogens is 1. The van der Waals surface area contributed by atoms with E-state index in [0.717, 1.165) is 13.0 Å². The molecule has 0 spiro atoms. The van der Waals surface area contributed by atoms with Crippen molar-refractivity contribution < 1.29 is 19.3 Å². The number of amides is 1. The van der Waals surface area contributed by atoms with Crippen molar-refractivity contribution in [2.45, 2.75) is 12.5 Å². The highest BCUT2D eigenvalue weighted by atomic mass is 35.5. The molecule has 2 heterocycles. The number of carbonyl (C=O) groups is 3. The molecular weight excluding hydrogens is 378 g/mol. The van der Waals surface area contributed by atoms with E-state index in [1.165, 1.54) is 9.80 Å². The van der Waals surface area contributed by atoms with E-state index in [-0.39, 0.29) is 5.78 Å². The van der Waals surface area contributed by atoms with Gasteiger partial charge in [0.25, 0.3) is 5.91 Å². The van der Waals surface area contributed by atoms with Crippen LogP contribution in [-0.2, 0) is 9.59 Å². The van der Waals surface area contributed by atoms with Gasteiger partial charge >= 0.3 is 0 Å². The lowest BCUT2D eigenvalue weighted by Gasteiger charge is -2.26. The molecule has 7 heteroatoms. The van der Waals surface area contributed by atoms with Gasteiger partial charge in [0, 0.05) is 29.7 Å². The number of aromatic nitrogens is 1. The van der Waals surface area contributed by atoms with Crippen molar-refractivity contribution in [1.29, 1.82) is 0 Å². The molecule has 3 rings (SSSR count). The Bertz CT molecular complexity index is 868. The second-order valence-electron chi connectivity index (χ2n) is 7.22. The molecule has 1 saturated heterocycles. The normalized spacial score (nSPS) is 19.5. The van der Waals surface area contributed by atoms with E-state index in [4.69, 9.17) is 11.6 Å². The standard InChI is InChI=1S/C21H22ClN3O3/c1-24(2)12-5-13-25-18(16-6-3-4-11-23-16)17(20(27)21(25)28)19(26)14-7-9-15(22)10-8-14/h3-4,6-11,17-18H,5,12-13H2,1-2H3/p+1. The molecule has 28 heavy (non-hydrogen) atoms. The fraction of sp³-hybridized carbons (Fsp3) is 0.333. The van der Waals surface area contributed by atoms with E-state index in [1.807, 2.05) is 14.1 Å². The van der Waals surface area contributed by atoms with Crippen LogP contribution < -0.4 is 4.90 Å². The van der Waals surface area contributed by atoms with Crippen molar-refractivity contribution in [1.82, 2.24) is 9.88 Å². The molecule has 146 valence electrons. The van der Waals surface area contributed by atoms with Crippen LogP contribution in [0.3, 0.4) is 0 Å². The number of hydrogen-bond donors (Lipinski definition) is 1. The molecule has 2 unspecified atom stereocenters. The third kappa shape index (κ3) is 4.13. The van der Waals surface area contributed by atoms with E-state index in [2.05, 4.69) is 4.98 Å². The molecule has 1 amide bonds. The van der Waals surface area contributed by atoms with Crippen LogP contribution in [0.5, 0.6) is 0 Å². The Morgan fingerprint density at radius 1 is 1.14 bits per heavy atom. The second kappa shape index (κ2) is 8.63. The van der Waals surface area contributed by atoms with Crippen LogP contribution in [0.15, 0.2) is 48.7 Å². The quantitative estimate of drug-likeness (QED) is 0.431. The van der Waals surface area contributed by atoms with Gasteiger partial charge in [-0.2, -0.15) is 0 Å². The lowest BCUT2D eigenvalue weighted by molar-refractivity contribution is -0.858. The molecule has 1 aromatic carbocycles. The Labute approximate surface area is 169 Å². The van der Waals surface area contributed by atoms with Crippen molar-refractivity contribution in [2.24, 2.45) is 5.92 Å². The van der Waals surface area contributed by atoms with Crippen LogP contribution in [0.4, 0.5) is 0 Å². The number of pyridine rings is 1. The summed E-state index contributed by atoms with van der Waals surface area (Å²) in [5.74, 6) is -2.77. The molecular formula is C21H23ClN3O3+. The molecule has 0 bridgehead atoms. The summed E-state index contributed by atoms with van der Waals surface area (Å²) in [7, 11) is 4.06. The van der Waals surface area contributed by atoms with E-state index >= 15 is 0 Å². The predicted octanol–water partition coefficient (Wildman–Crippen LogP) is 1.22. The summed E-state index contributed by atoms with van der Waals surface area (Å²) in [5.41, 5.74) is 0.905. The number of rotatable bonds is 7. The van der Waals surface area contributed by atoms with Gasteiger partial charge in [-0.3, -0.25) is 19.4 Å². The minimum Gasteiger partial charge on any atom is -0.340 e. The monoisotopic (exact) mass is 400 g/mol. The Hall–Kier alpha value is -2.57. The molecule has 1 aromatic heterocycles. The van der Waals surface area contributed by atoms with Gasteiger partial charge < -0.3 is 9.80 Å². The summed E-state index contributed by atoms with van der Waals surface area (Å²) in [6.07, 6.45) is 2.33. The molecule has 6 nitrogen and oxygen atoms in total. The fourth-order valence-electron chi connectivity index (χ4n) is 3.51. The molecule has 1 N–H and O–H groups in total. The van der Waals surface area contributed by atoms with E-state index in [0.29, 0.717) is 22.8 Å². The third-order valence-electron chi connectivity index (χ3n) is 4.88. The number of hydrogen-bond acceptors (Lipinski definition) is 4. The predicted molar refractivity (Wildman–Crippen MR) is 105 cm³/mol. The number of halogens is 1. The van der Waals surface area contributed by atoms with Gasteiger partial charge in [-0.15, -0.1) is 0 Å². The minimum atomic E-state index is -1.10. The number of benzene rings is 1. The number of carbonyl (C=O) groups excluding carboxylic acids is 3. The zero-order chi connectivity index (χ0) is 20.3. The smallest absolute Gasteiger partial charge is 0.291 e. The van der Waals surface area contributed by atoms with Gasteiger partial charge in [0.15, 0.2) is 5.78 Å². The van der Waals surface area contributed by atoms with Crippen LogP contribution in [0.1, 0.15) is 28.5 Å². The third-order valence-corrected chi connectivity index (χ3v) is 5.14. The Morgan fingerprint density at radius 3 is 2.46 bits per heavy atom. The van der Waals surface area contributed by atoms with Crippen LogP contribution in [0.25, 0.3) is 0 Å². The lowest BCUT2D eigenvalue weighted by atomic mass is 9.88. The van der Waals surface area contributed by atoms with Crippen molar-refractivity contribution >= 4 is 29.1 Å². The maximum Gasteiger partial charge on any atom is 0.291 e. The first-order valence-electron chi connectivity index (χ1n) is 9.24. The van der Waals surface area contributed by atoms with Gasteiger partial charge in [0.2, 0.25) is 5.78 Å². The number of ketones is 2. The zero-order valence-electron chi connectivity index (χ0n) is 15.9. The summed E-state index contributed by atoms with van der Waals surface area (Å²) in [6.45, 7) is 1.25. The van der Waals surface area contributed by atoms with Gasteiger partial charge in [0.1, 0.15) is 5.92 Å². The molecule has 0 aliphatic carbocycles. The Morgan fingerprint density at radius 2 is 1.86 bits per heavy atom. The number of nitrogens with one attached hydrogen (secondary N) is 1. The van der Waals surface area contributed by atoms with Gasteiger partial charge in [0.05, 0.1) is 32.4 Å². The van der Waals surface area contributed by atoms with Crippen molar-refractivity contribution in [3.8, 4) is 0 Å². The molecule has 0 saturated carbocycles. The first-order chi connectivity index (χ1) is 13.4. The van der Waals surface area contributed by atoms with E-state index in [1.54, 1.807) is 48.7 Å². The van der Waals surface area contributed by atoms with Gasteiger partial charge in [-0.25, -0.2) is 0 Å². The van der Waals surface area contributed by atoms with Crippen LogP contribution in [0.2, 0.25) is 5.02 Å². The Kier molecular flexibility index (Phi) is 6.21. The van der Waals surface area contributed by atoms with Crippen LogP contribution in [-0.4, -0.2) is 54.5 Å². The SMILES string of the molecule is C[NH+](C)CCCN1C(=O)C(=O)C(C(=O)c2ccc(Cl)cc2)C1c1ccccn1. The number of likely N-dealkylation sites (tertiary alicyclic amines) is 1. The fourth-order valence-corrected chi connectivity index (χ4v) is 3.63. The average molecular weight is 401 g/mol. The van der Waals surface area contributed by atoms with Crippen LogP contribution in [0, 0.1) is 5.92 Å². The molecule has 0 radical (unpaired) electrons. The molecule has 1 aliphatic rings. The maximum absolute atomic E-state index is 13.2. The maximum atomic E-state index is 13.2. The molecule has 1 fully saturated rings. The largest absolute Gasteiger partial charge is 0.340 e. The van der Waals surface area contributed by atoms with Crippen LogP contribution >= 0.6 is 11.6 Å². The van der Waals surface area contributed by atoms with E-state index < -0.39 is 23.7 Å². The summed E-state index contributed by atoms with van der Waals surface area (Å²) < 4.78 is 0. The first kappa shape index (κ1) is 20.2. The van der Waals surface area contributed by atoms with Crippen molar-refractivity contribution in [3.05, 3.63) is 64.9 Å². The summed E-state index contributed by atoms with van der Waals surface area (Å²) in [6, 6.07) is 11.0. The van der Waals surface area contributed by atoms with E-state index in [9.17, 15) is 14.4 Å². The molecule has 2 aromatic rings. The summed E-state index contributed by atoms with van der Waals surface area (Å²) in [4.78, 5) is 45.8. The summed E-state index contributed by atoms with van der Waals surface area (Å²) >= 11 is 5.91. The summed E-state index contributed by atoms with van der Waals surface area (Å²) in [5, 5.41) is 0.500. The average Bonchev–Trinajstić information content (AvgIpc) is 2.93. The minimum absolute atomic E-state index is 0.357. The second-order valence-corrected chi connectivity index (χ2v) is 7.66. The molecule has 1 aliphatic heterocycles. The van der Waals surface area contributed by atoms with Crippen molar-refractivity contribution in [2.75, 3.05) is 27.2 Å². The number of Topliss-reactive ketones (excluding diaryl/α,β-unsaturated/α-hetero) is 2. The van der Waals surface area contributed by atoms with Gasteiger partial charge in [-0.1, -0.05) is 17.7 Å². The topological polar surface area (TPSA) is 71.8 Å².